The van der Waals surface area contributed by atoms with E-state index >= 15 is 0 Å². The van der Waals surface area contributed by atoms with Crippen molar-refractivity contribution in [1.29, 1.82) is 0 Å². The summed E-state index contributed by atoms with van der Waals surface area (Å²) in [5.74, 6) is 0.0284. The number of anilines is 1. The summed E-state index contributed by atoms with van der Waals surface area (Å²) in [7, 11) is -17.4. The first-order valence-corrected chi connectivity index (χ1v) is 12.3. The molecule has 33 heavy (non-hydrogen) atoms. The number of phosphoric acid groups is 3. The molecule has 18 nitrogen and oxygen atoms in total. The van der Waals surface area contributed by atoms with E-state index in [2.05, 4.69) is 28.1 Å². The fourth-order valence-electron chi connectivity index (χ4n) is 2.61. The second-order valence-electron chi connectivity index (χ2n) is 5.97. The minimum absolute atomic E-state index is 0. The average molecular weight is 534 g/mol. The van der Waals surface area contributed by atoms with Crippen LogP contribution in [0.2, 0.25) is 0 Å². The number of fused-ring (bicyclic) bond motifs is 1. The molecule has 0 amide bonds. The summed E-state index contributed by atoms with van der Waals surface area (Å²) >= 11 is 0. The zero-order chi connectivity index (χ0) is 23.2. The van der Waals surface area contributed by atoms with Crippen LogP contribution in [0.25, 0.3) is 11.2 Å². The molecule has 0 saturated carbocycles. The van der Waals surface area contributed by atoms with Gasteiger partial charge in [-0.3, -0.25) is 13.7 Å². The van der Waals surface area contributed by atoms with Crippen LogP contribution in [-0.2, 0) is 31.6 Å². The number of aliphatic hydroxyl groups is 2. The first-order chi connectivity index (χ1) is 14.2. The van der Waals surface area contributed by atoms with Crippen LogP contribution in [0.5, 0.6) is 0 Å². The first-order valence-electron chi connectivity index (χ1n) is 7.88. The van der Waals surface area contributed by atoms with Crippen LogP contribution < -0.4 is 53.2 Å². The molecule has 0 aliphatic carbocycles. The number of ether oxygens (including phenoxy) is 1. The van der Waals surface area contributed by atoms with Gasteiger partial charge in [0.15, 0.2) is 17.7 Å². The normalized spacial score (nSPS) is 26.7. The predicted molar refractivity (Wildman–Crippen MR) is 91.0 cm³/mol. The van der Waals surface area contributed by atoms with Crippen molar-refractivity contribution in [2.75, 3.05) is 12.3 Å². The molecule has 2 aromatic rings. The molecule has 174 valence electrons. The Morgan fingerprint density at radius 3 is 2.30 bits per heavy atom. The zero-order valence-corrected chi connectivity index (χ0v) is 19.5. The van der Waals surface area contributed by atoms with Crippen molar-refractivity contribution in [2.24, 2.45) is 0 Å². The third-order valence-corrected chi connectivity index (χ3v) is 7.52. The molecule has 0 radical (unpaired) electrons. The van der Waals surface area contributed by atoms with Gasteiger partial charge in [0.25, 0.3) is 15.6 Å². The van der Waals surface area contributed by atoms with Crippen LogP contribution in [0, 0.1) is 0 Å². The van der Waals surface area contributed by atoms with Gasteiger partial charge in [0.05, 0.1) is 12.9 Å². The number of hydrogen-bond acceptors (Lipinski definition) is 15. The number of rotatable bonds is 8. The molecule has 23 heteroatoms. The molecule has 3 heterocycles. The summed E-state index contributed by atoms with van der Waals surface area (Å²) in [6.45, 7) is -1.05. The van der Waals surface area contributed by atoms with Crippen LogP contribution in [0.1, 0.15) is 6.23 Å². The molecule has 1 fully saturated rings. The number of phosphoric ester groups is 1. The van der Waals surface area contributed by atoms with Crippen molar-refractivity contribution in [3.63, 3.8) is 0 Å². The second kappa shape index (κ2) is 11.3. The van der Waals surface area contributed by atoms with Crippen molar-refractivity contribution in [2.45, 2.75) is 24.5 Å². The molecule has 6 N–H and O–H groups in total. The van der Waals surface area contributed by atoms with Gasteiger partial charge < -0.3 is 44.8 Å². The monoisotopic (exact) mass is 534 g/mol. The Bertz CT molecular complexity index is 1120. The van der Waals surface area contributed by atoms with Gasteiger partial charge in [0, 0.05) is 0 Å². The van der Waals surface area contributed by atoms with E-state index in [1.807, 2.05) is 0 Å². The summed E-state index contributed by atoms with van der Waals surface area (Å²) in [6.07, 6.45) is -3.89. The van der Waals surface area contributed by atoms with Crippen molar-refractivity contribution in [3.05, 3.63) is 12.7 Å². The second-order valence-corrected chi connectivity index (χ2v) is 10.3. The molecule has 6 atom stereocenters. The minimum Gasteiger partial charge on any atom is -0.756 e. The summed E-state index contributed by atoms with van der Waals surface area (Å²) in [5, 5.41) is 20.4. The number of nitrogens with two attached hydrogens (primary N) is 1. The average Bonchev–Trinajstić information content (AvgIpc) is 3.13. The molecule has 0 spiro atoms. The van der Waals surface area contributed by atoms with Gasteiger partial charge in [0.2, 0.25) is 0 Å². The van der Waals surface area contributed by atoms with Crippen LogP contribution >= 0.6 is 23.5 Å². The Balaban J connectivity index is 0.00000272. The zero-order valence-electron chi connectivity index (χ0n) is 16.8. The first kappa shape index (κ1) is 30.9. The Morgan fingerprint density at radius 2 is 1.70 bits per heavy atom. The number of nitrogens with zero attached hydrogens (tertiary/aromatic N) is 4. The van der Waals surface area contributed by atoms with Gasteiger partial charge in [-0.25, -0.2) is 28.1 Å². The van der Waals surface area contributed by atoms with Gasteiger partial charge in [0.1, 0.15) is 30.2 Å². The van der Waals surface area contributed by atoms with Crippen molar-refractivity contribution in [3.8, 4) is 0 Å². The van der Waals surface area contributed by atoms with Gasteiger partial charge in [-0.1, -0.05) is 0 Å². The van der Waals surface area contributed by atoms with E-state index in [1.54, 1.807) is 0 Å². The maximum Gasteiger partial charge on any atom is 1.00 e. The standard InChI is InChI=1S/C10H16N5O13P3.2Li/c11-8-5-9(13-2-12-8)15(3-14-5)10-7(17)6(16)4(26-10)1-25-30(21,22)28-31(23,24)27-29(18,19)20;;/h2-4,6-7,10,16-17H,1H2,(H,21,22)(H,23,24)(H2,11,12,13)(H2,18,19,20);;/q;2*+1/p-2/t4-,6-,7-,10-;;/m1../s1/i1+1,2+1,3+1,4+1,5+1,6+1,7+1,8+1,9+1,10+1,11+1,12+1,13+1,14+1,15+1;;. The maximum absolute atomic E-state index is 11.6. The van der Waals surface area contributed by atoms with E-state index < -0.39 is 54.6 Å². The number of aliphatic hydroxyl groups excluding tert-OH is 2. The van der Waals surface area contributed by atoms with E-state index in [9.17, 15) is 33.7 Å². The molecule has 1 aliphatic heterocycles. The Labute approximate surface area is 208 Å². The molecule has 0 aromatic carbocycles. The Hall–Kier alpha value is -0.165. The summed E-state index contributed by atoms with van der Waals surface area (Å²) < 4.78 is 50.9. The topological polar surface area (TPSA) is 285 Å². The van der Waals surface area contributed by atoms with E-state index in [0.29, 0.717) is 0 Å². The number of imidazole rings is 1. The van der Waals surface area contributed by atoms with Crippen LogP contribution in [-0.4, -0.2) is 64.4 Å². The molecule has 3 rings (SSSR count). The Morgan fingerprint density at radius 1 is 1.06 bits per heavy atom. The fourth-order valence-corrected chi connectivity index (χ4v) is 5.54. The maximum atomic E-state index is 11.6. The summed E-state index contributed by atoms with van der Waals surface area (Å²) in [4.78, 5) is 51.3. The quantitative estimate of drug-likeness (QED) is 0.0909. The molecule has 0 bridgehead atoms. The molecule has 2 unspecified atom stereocenters. The van der Waals surface area contributed by atoms with Crippen molar-refractivity contribution < 1.29 is 99.1 Å². The summed E-state index contributed by atoms with van der Waals surface area (Å²) in [6, 6.07) is 0. The number of hydrogen-bond donors (Lipinski definition) is 5. The van der Waals surface area contributed by atoms with Crippen molar-refractivity contribution >= 4 is 40.4 Å². The smallest absolute Gasteiger partial charge is 0.756 e. The fraction of sp³-hybridized carbons (Fsp3) is 0.500. The predicted octanol–water partition coefficient (Wildman–Crippen LogP) is -8.89. The van der Waals surface area contributed by atoms with Gasteiger partial charge >= 0.3 is 45.5 Å². The van der Waals surface area contributed by atoms with E-state index in [-0.39, 0.29) is 54.7 Å². The molecular weight excluding hydrogens is 520 g/mol. The van der Waals surface area contributed by atoms with E-state index in [4.69, 9.17) is 20.3 Å². The molecule has 1 saturated heterocycles. The van der Waals surface area contributed by atoms with Gasteiger partial charge in [-0.2, -0.15) is 0 Å². The van der Waals surface area contributed by atoms with Gasteiger partial charge in [-0.05, 0) is 0 Å². The van der Waals surface area contributed by atoms with E-state index in [0.717, 1.165) is 6.33 Å². The van der Waals surface area contributed by atoms with E-state index in [1.165, 1.54) is 10.9 Å². The third-order valence-electron chi connectivity index (χ3n) is 3.80. The van der Waals surface area contributed by atoms with Crippen LogP contribution in [0.3, 0.4) is 0 Å². The number of aromatic nitrogens is 4. The van der Waals surface area contributed by atoms with Crippen molar-refractivity contribution in [1.82, 2.24) is 19.5 Å². The minimum atomic E-state index is -6.01. The largest absolute Gasteiger partial charge is 1.00 e. The van der Waals surface area contributed by atoms with Crippen LogP contribution in [0.4, 0.5) is 5.82 Å². The molecular formula is C10H14Li2N5O13P3. The summed E-state index contributed by atoms with van der Waals surface area (Å²) in [5.41, 5.74) is 5.95. The SMILES string of the molecule is [15NH2][13c]1[15n][13cH][15n][13c]2[13c]1[15n][13cH][15n]2[13C@@H]1O[13C@H]([13CH2]OP(=O)([O-])OP(=O)([O-])OP(=O)(O)O)[13C@@H](O)[13C@H]1O.[Li+].[Li+]. The molecule has 2 aromatic heterocycles. The van der Waals surface area contributed by atoms with Gasteiger partial charge in [-0.15, -0.1) is 0 Å². The molecule has 1 aliphatic rings. The van der Waals surface area contributed by atoms with Crippen LogP contribution in [0.15, 0.2) is 12.7 Å². The third kappa shape index (κ3) is 7.66. The Kier molecular flexibility index (Phi) is 10.5. The number of nitrogen functional groups attached to an aromatic ring is 1.